The quantitative estimate of drug-likeness (QED) is 0.807. The number of amides is 1. The molecule has 2 rings (SSSR count). The lowest BCUT2D eigenvalue weighted by Gasteiger charge is -2.38. The number of piperidine rings is 2. The van der Waals surface area contributed by atoms with E-state index in [0.717, 1.165) is 38.6 Å². The fourth-order valence-corrected chi connectivity index (χ4v) is 3.21. The Kier molecular flexibility index (Phi) is 4.80. The third-order valence-corrected chi connectivity index (χ3v) is 4.46. The highest BCUT2D eigenvalue weighted by Crippen LogP contribution is 2.24. The number of nitrogens with one attached hydrogen (secondary N) is 1. The zero-order valence-electron chi connectivity index (χ0n) is 11.6. The number of hydrogen-bond acceptors (Lipinski definition) is 3. The minimum atomic E-state index is -0.865. The van der Waals surface area contributed by atoms with E-state index in [0.29, 0.717) is 18.9 Å². The SMILES string of the molecule is CCC1CCNC(C(=O)N2CCCC[C@H]2C(=O)O)C1. The van der Waals surface area contributed by atoms with Crippen LogP contribution in [0.5, 0.6) is 0 Å². The second-order valence-corrected chi connectivity index (χ2v) is 5.69. The molecule has 1 amide bonds. The fraction of sp³-hybridized carbons (Fsp3) is 0.857. The third kappa shape index (κ3) is 3.26. The smallest absolute Gasteiger partial charge is 0.326 e. The van der Waals surface area contributed by atoms with Gasteiger partial charge in [-0.15, -0.1) is 0 Å². The molecule has 0 spiro atoms. The Morgan fingerprint density at radius 2 is 2.11 bits per heavy atom. The first-order chi connectivity index (χ1) is 9.13. The van der Waals surface area contributed by atoms with E-state index < -0.39 is 12.0 Å². The summed E-state index contributed by atoms with van der Waals surface area (Å²) in [6.45, 7) is 3.60. The lowest BCUT2D eigenvalue weighted by Crippen LogP contribution is -2.56. The Hall–Kier alpha value is -1.10. The summed E-state index contributed by atoms with van der Waals surface area (Å²) in [5, 5.41) is 12.5. The highest BCUT2D eigenvalue weighted by Gasteiger charge is 2.36. The van der Waals surface area contributed by atoms with Crippen LogP contribution in [0.1, 0.15) is 45.4 Å². The molecule has 0 aromatic rings. The number of nitrogens with zero attached hydrogens (tertiary/aromatic N) is 1. The van der Waals surface area contributed by atoms with Crippen LogP contribution >= 0.6 is 0 Å². The maximum Gasteiger partial charge on any atom is 0.326 e. The first kappa shape index (κ1) is 14.3. The van der Waals surface area contributed by atoms with Gasteiger partial charge in [0.05, 0.1) is 6.04 Å². The van der Waals surface area contributed by atoms with Crippen molar-refractivity contribution in [2.45, 2.75) is 57.5 Å². The number of hydrogen-bond donors (Lipinski definition) is 2. The van der Waals surface area contributed by atoms with Crippen molar-refractivity contribution in [2.24, 2.45) is 5.92 Å². The van der Waals surface area contributed by atoms with Gasteiger partial charge in [-0.2, -0.15) is 0 Å². The monoisotopic (exact) mass is 268 g/mol. The Morgan fingerprint density at radius 1 is 1.32 bits per heavy atom. The summed E-state index contributed by atoms with van der Waals surface area (Å²) >= 11 is 0. The number of carboxylic acid groups (broad SMARTS) is 1. The largest absolute Gasteiger partial charge is 0.480 e. The summed E-state index contributed by atoms with van der Waals surface area (Å²) in [5.74, 6) is -0.288. The molecule has 0 saturated carbocycles. The zero-order valence-corrected chi connectivity index (χ0v) is 11.6. The minimum absolute atomic E-state index is 0.00903. The molecule has 0 aromatic carbocycles. The van der Waals surface area contributed by atoms with Crippen LogP contribution in [-0.2, 0) is 9.59 Å². The van der Waals surface area contributed by atoms with E-state index in [4.69, 9.17) is 0 Å². The molecule has 2 unspecified atom stereocenters. The number of rotatable bonds is 3. The highest BCUT2D eigenvalue weighted by molar-refractivity contribution is 5.87. The van der Waals surface area contributed by atoms with Gasteiger partial charge in [0.1, 0.15) is 6.04 Å². The maximum atomic E-state index is 12.5. The van der Waals surface area contributed by atoms with E-state index in [1.807, 2.05) is 0 Å². The molecule has 0 aliphatic carbocycles. The average molecular weight is 268 g/mol. The van der Waals surface area contributed by atoms with Crippen LogP contribution in [0.2, 0.25) is 0 Å². The Bertz CT molecular complexity index is 346. The fourth-order valence-electron chi connectivity index (χ4n) is 3.21. The van der Waals surface area contributed by atoms with Gasteiger partial charge in [-0.25, -0.2) is 4.79 Å². The molecule has 2 fully saturated rings. The lowest BCUT2D eigenvalue weighted by atomic mass is 9.89. The molecule has 2 aliphatic rings. The van der Waals surface area contributed by atoms with Gasteiger partial charge in [-0.3, -0.25) is 4.79 Å². The van der Waals surface area contributed by atoms with Gasteiger partial charge in [0, 0.05) is 6.54 Å². The normalized spacial score (nSPS) is 32.1. The predicted octanol–water partition coefficient (Wildman–Crippen LogP) is 1.23. The Balaban J connectivity index is 2.02. The minimum Gasteiger partial charge on any atom is -0.480 e. The molecule has 2 saturated heterocycles. The number of aliphatic carboxylic acids is 1. The van der Waals surface area contributed by atoms with E-state index >= 15 is 0 Å². The van der Waals surface area contributed by atoms with E-state index in [1.165, 1.54) is 0 Å². The van der Waals surface area contributed by atoms with Crippen molar-refractivity contribution in [2.75, 3.05) is 13.1 Å². The van der Waals surface area contributed by atoms with E-state index in [1.54, 1.807) is 4.90 Å². The van der Waals surface area contributed by atoms with Gasteiger partial charge in [0.2, 0.25) is 5.91 Å². The predicted molar refractivity (Wildman–Crippen MR) is 71.8 cm³/mol. The second-order valence-electron chi connectivity index (χ2n) is 5.69. The standard InChI is InChI=1S/C14H24N2O3/c1-2-10-6-7-15-11(9-10)13(17)16-8-4-3-5-12(16)14(18)19/h10-12,15H,2-9H2,1H3,(H,18,19)/t10?,11?,12-/m0/s1. The molecule has 2 N–H and O–H groups in total. The first-order valence-electron chi connectivity index (χ1n) is 7.40. The topological polar surface area (TPSA) is 69.6 Å². The molecule has 5 nitrogen and oxygen atoms in total. The van der Waals surface area contributed by atoms with Gasteiger partial charge in [-0.1, -0.05) is 13.3 Å². The van der Waals surface area contributed by atoms with Gasteiger partial charge in [0.15, 0.2) is 0 Å². The van der Waals surface area contributed by atoms with Gasteiger partial charge in [0.25, 0.3) is 0 Å². The molecule has 108 valence electrons. The van der Waals surface area contributed by atoms with Crippen LogP contribution in [0.4, 0.5) is 0 Å². The zero-order chi connectivity index (χ0) is 13.8. The lowest BCUT2D eigenvalue weighted by molar-refractivity contribution is -0.153. The molecule has 2 aliphatic heterocycles. The maximum absolute atomic E-state index is 12.5. The van der Waals surface area contributed by atoms with Crippen molar-refractivity contribution in [3.8, 4) is 0 Å². The molecule has 2 heterocycles. The first-order valence-corrected chi connectivity index (χ1v) is 7.40. The van der Waals surface area contributed by atoms with Crippen LogP contribution in [-0.4, -0.2) is 47.1 Å². The Labute approximate surface area is 114 Å². The number of carbonyl (C=O) groups excluding carboxylic acids is 1. The van der Waals surface area contributed by atoms with Crippen LogP contribution in [0.25, 0.3) is 0 Å². The number of carbonyl (C=O) groups is 2. The van der Waals surface area contributed by atoms with Crippen LogP contribution in [0, 0.1) is 5.92 Å². The average Bonchev–Trinajstić information content (AvgIpc) is 2.46. The van der Waals surface area contributed by atoms with Crippen molar-refractivity contribution in [1.29, 1.82) is 0 Å². The summed E-state index contributed by atoms with van der Waals surface area (Å²) in [4.78, 5) is 25.4. The summed E-state index contributed by atoms with van der Waals surface area (Å²) in [5.41, 5.74) is 0. The molecular weight excluding hydrogens is 244 g/mol. The van der Waals surface area contributed by atoms with Crippen LogP contribution in [0.3, 0.4) is 0 Å². The highest BCUT2D eigenvalue weighted by atomic mass is 16.4. The molecule has 0 radical (unpaired) electrons. The summed E-state index contributed by atoms with van der Waals surface area (Å²) < 4.78 is 0. The molecule has 3 atom stereocenters. The summed E-state index contributed by atoms with van der Waals surface area (Å²) in [7, 11) is 0. The van der Waals surface area contributed by atoms with Gasteiger partial charge < -0.3 is 15.3 Å². The van der Waals surface area contributed by atoms with Crippen molar-refractivity contribution in [3.05, 3.63) is 0 Å². The van der Waals surface area contributed by atoms with Gasteiger partial charge >= 0.3 is 5.97 Å². The van der Waals surface area contributed by atoms with Crippen molar-refractivity contribution >= 4 is 11.9 Å². The molecule has 0 bridgehead atoms. The van der Waals surface area contributed by atoms with Crippen LogP contribution in [0.15, 0.2) is 0 Å². The summed E-state index contributed by atoms with van der Waals surface area (Å²) in [6, 6.07) is -0.802. The van der Waals surface area contributed by atoms with E-state index in [9.17, 15) is 14.7 Å². The molecular formula is C14H24N2O3. The molecule has 5 heteroatoms. The third-order valence-electron chi connectivity index (χ3n) is 4.46. The van der Waals surface area contributed by atoms with Crippen molar-refractivity contribution < 1.29 is 14.7 Å². The van der Waals surface area contributed by atoms with Crippen molar-refractivity contribution in [3.63, 3.8) is 0 Å². The van der Waals surface area contributed by atoms with E-state index in [2.05, 4.69) is 12.2 Å². The molecule has 19 heavy (non-hydrogen) atoms. The summed E-state index contributed by atoms with van der Waals surface area (Å²) in [6.07, 6.45) is 5.45. The number of likely N-dealkylation sites (tertiary alicyclic amines) is 1. The Morgan fingerprint density at radius 3 is 2.79 bits per heavy atom. The second kappa shape index (κ2) is 6.37. The van der Waals surface area contributed by atoms with Crippen LogP contribution < -0.4 is 5.32 Å². The van der Waals surface area contributed by atoms with E-state index in [-0.39, 0.29) is 11.9 Å². The number of carboxylic acids is 1. The van der Waals surface area contributed by atoms with Crippen molar-refractivity contribution in [1.82, 2.24) is 10.2 Å². The van der Waals surface area contributed by atoms with Gasteiger partial charge in [-0.05, 0) is 44.6 Å². The molecule has 0 aromatic heterocycles.